The van der Waals surface area contributed by atoms with Crippen LogP contribution in [0, 0.1) is 0 Å². The Balaban J connectivity index is 1.33. The van der Waals surface area contributed by atoms with Crippen molar-refractivity contribution in [1.29, 1.82) is 0 Å². The molecule has 0 spiro atoms. The number of likely N-dealkylation sites (tertiary alicyclic amines) is 1. The molecular weight excluding hydrogens is 404 g/mol. The van der Waals surface area contributed by atoms with Gasteiger partial charge in [0.1, 0.15) is 0 Å². The summed E-state index contributed by atoms with van der Waals surface area (Å²) in [4.78, 5) is 14.8. The molecular formula is C24H36N6S. The van der Waals surface area contributed by atoms with Gasteiger partial charge in [-0.1, -0.05) is 30.3 Å². The fraction of sp³-hybridized carbons (Fsp3) is 0.583. The predicted octanol–water partition coefficient (Wildman–Crippen LogP) is 3.68. The molecule has 168 valence electrons. The third kappa shape index (κ3) is 6.20. The highest BCUT2D eigenvalue weighted by atomic mass is 32.1. The van der Waals surface area contributed by atoms with Crippen molar-refractivity contribution in [2.75, 3.05) is 50.7 Å². The van der Waals surface area contributed by atoms with Crippen molar-refractivity contribution in [3.63, 3.8) is 0 Å². The molecule has 2 aliphatic rings. The van der Waals surface area contributed by atoms with Gasteiger partial charge in [-0.2, -0.15) is 0 Å². The first-order valence-corrected chi connectivity index (χ1v) is 12.7. The lowest BCUT2D eigenvalue weighted by atomic mass is 10.1. The second kappa shape index (κ2) is 11.5. The number of nitrogens with one attached hydrogen (secondary N) is 2. The van der Waals surface area contributed by atoms with Crippen molar-refractivity contribution in [3.05, 3.63) is 47.0 Å². The van der Waals surface area contributed by atoms with Crippen LogP contribution in [-0.2, 0) is 6.42 Å². The average molecular weight is 441 g/mol. The molecule has 0 amide bonds. The van der Waals surface area contributed by atoms with Crippen LogP contribution in [0.5, 0.6) is 0 Å². The van der Waals surface area contributed by atoms with Crippen LogP contribution >= 0.6 is 11.3 Å². The highest BCUT2D eigenvalue weighted by molar-refractivity contribution is 7.13. The van der Waals surface area contributed by atoms with Crippen LogP contribution in [0.1, 0.15) is 49.9 Å². The van der Waals surface area contributed by atoms with Gasteiger partial charge in [0, 0.05) is 38.0 Å². The van der Waals surface area contributed by atoms with Gasteiger partial charge in [0.25, 0.3) is 0 Å². The molecule has 2 fully saturated rings. The predicted molar refractivity (Wildman–Crippen MR) is 131 cm³/mol. The summed E-state index contributed by atoms with van der Waals surface area (Å²) in [6.07, 6.45) is 6.08. The number of thiazole rings is 1. The Morgan fingerprint density at radius 1 is 1.06 bits per heavy atom. The van der Waals surface area contributed by atoms with Gasteiger partial charge >= 0.3 is 0 Å². The van der Waals surface area contributed by atoms with Crippen molar-refractivity contribution in [2.45, 2.75) is 45.1 Å². The lowest BCUT2D eigenvalue weighted by Gasteiger charge is -2.27. The number of hydrogen-bond donors (Lipinski definition) is 2. The summed E-state index contributed by atoms with van der Waals surface area (Å²) in [5.41, 5.74) is 2.54. The fourth-order valence-corrected chi connectivity index (χ4v) is 5.37. The summed E-state index contributed by atoms with van der Waals surface area (Å²) in [5, 5.41) is 10.3. The number of aliphatic imine (C=N–C) groups is 1. The summed E-state index contributed by atoms with van der Waals surface area (Å²) in [6, 6.07) is 11.2. The van der Waals surface area contributed by atoms with E-state index in [1.54, 1.807) is 11.3 Å². The van der Waals surface area contributed by atoms with E-state index in [0.717, 1.165) is 45.1 Å². The molecule has 0 aliphatic carbocycles. The summed E-state index contributed by atoms with van der Waals surface area (Å²) >= 11 is 1.78. The smallest absolute Gasteiger partial charge is 0.191 e. The van der Waals surface area contributed by atoms with Crippen LogP contribution in [-0.4, -0.2) is 61.7 Å². The van der Waals surface area contributed by atoms with Crippen molar-refractivity contribution in [1.82, 2.24) is 20.5 Å². The number of anilines is 1. The quantitative estimate of drug-likeness (QED) is 0.460. The SMILES string of the molecule is CCNC(=NCC(c1ccccc1)N1CCCC1)NCCc1csc(N2CCCC2)n1. The molecule has 0 bridgehead atoms. The minimum absolute atomic E-state index is 0.348. The second-order valence-corrected chi connectivity index (χ2v) is 9.22. The minimum Gasteiger partial charge on any atom is -0.357 e. The van der Waals surface area contributed by atoms with Crippen LogP contribution in [0.25, 0.3) is 0 Å². The van der Waals surface area contributed by atoms with Crippen LogP contribution in [0.4, 0.5) is 5.13 Å². The lowest BCUT2D eigenvalue weighted by molar-refractivity contribution is 0.251. The number of hydrogen-bond acceptors (Lipinski definition) is 5. The molecule has 1 aromatic carbocycles. The van der Waals surface area contributed by atoms with Gasteiger partial charge in [-0.25, -0.2) is 4.98 Å². The van der Waals surface area contributed by atoms with E-state index in [0.29, 0.717) is 6.04 Å². The van der Waals surface area contributed by atoms with Gasteiger partial charge in [-0.3, -0.25) is 9.89 Å². The second-order valence-electron chi connectivity index (χ2n) is 8.38. The molecule has 31 heavy (non-hydrogen) atoms. The number of benzene rings is 1. The highest BCUT2D eigenvalue weighted by Gasteiger charge is 2.23. The first-order valence-electron chi connectivity index (χ1n) is 11.8. The fourth-order valence-electron chi connectivity index (χ4n) is 4.45. The van der Waals surface area contributed by atoms with E-state index in [4.69, 9.17) is 9.98 Å². The normalized spacial score (nSPS) is 18.5. The van der Waals surface area contributed by atoms with E-state index < -0.39 is 0 Å². The molecule has 3 heterocycles. The number of nitrogens with zero attached hydrogens (tertiary/aromatic N) is 4. The molecule has 6 nitrogen and oxygen atoms in total. The maximum absolute atomic E-state index is 4.96. The molecule has 2 aromatic rings. The van der Waals surface area contributed by atoms with Crippen molar-refractivity contribution in [2.24, 2.45) is 4.99 Å². The number of guanidine groups is 1. The van der Waals surface area contributed by atoms with Crippen LogP contribution in [0.15, 0.2) is 40.7 Å². The van der Waals surface area contributed by atoms with Crippen LogP contribution in [0.2, 0.25) is 0 Å². The Hall–Kier alpha value is -2.12. The zero-order valence-electron chi connectivity index (χ0n) is 18.7. The number of rotatable bonds is 9. The Morgan fingerprint density at radius 2 is 1.81 bits per heavy atom. The molecule has 1 atom stereocenters. The molecule has 2 N–H and O–H groups in total. The van der Waals surface area contributed by atoms with E-state index in [1.807, 2.05) is 0 Å². The molecule has 0 saturated carbocycles. The Bertz CT molecular complexity index is 808. The first-order chi connectivity index (χ1) is 15.3. The third-order valence-electron chi connectivity index (χ3n) is 6.12. The molecule has 0 radical (unpaired) electrons. The van der Waals surface area contributed by atoms with E-state index in [2.05, 4.69) is 63.1 Å². The molecule has 2 aliphatic heterocycles. The van der Waals surface area contributed by atoms with Crippen molar-refractivity contribution >= 4 is 22.4 Å². The summed E-state index contributed by atoms with van der Waals surface area (Å²) in [7, 11) is 0. The first kappa shape index (κ1) is 22.1. The Morgan fingerprint density at radius 3 is 2.55 bits per heavy atom. The highest BCUT2D eigenvalue weighted by Crippen LogP contribution is 2.26. The largest absolute Gasteiger partial charge is 0.357 e. The molecule has 1 aromatic heterocycles. The Labute approximate surface area is 190 Å². The van der Waals surface area contributed by atoms with Crippen LogP contribution in [0.3, 0.4) is 0 Å². The molecule has 2 saturated heterocycles. The summed E-state index contributed by atoms with van der Waals surface area (Å²) in [6.45, 7) is 9.24. The van der Waals surface area contributed by atoms with Crippen molar-refractivity contribution in [3.8, 4) is 0 Å². The minimum atomic E-state index is 0.348. The average Bonchev–Trinajstić information content (AvgIpc) is 3.57. The topological polar surface area (TPSA) is 55.8 Å². The standard InChI is InChI=1S/C24H36N6S/c1-2-25-23(26-13-12-21-19-31-24(28-21)30-16-8-9-17-30)27-18-22(29-14-6-7-15-29)20-10-4-3-5-11-20/h3-5,10-11,19,22H,2,6-9,12-18H2,1H3,(H2,25,26,27). The van der Waals surface area contributed by atoms with E-state index >= 15 is 0 Å². The van der Waals surface area contributed by atoms with Gasteiger partial charge in [0.15, 0.2) is 11.1 Å². The zero-order chi connectivity index (χ0) is 21.3. The van der Waals surface area contributed by atoms with Crippen LogP contribution < -0.4 is 15.5 Å². The van der Waals surface area contributed by atoms with E-state index in [9.17, 15) is 0 Å². The zero-order valence-corrected chi connectivity index (χ0v) is 19.5. The maximum atomic E-state index is 4.96. The summed E-state index contributed by atoms with van der Waals surface area (Å²) < 4.78 is 0. The molecule has 7 heteroatoms. The lowest BCUT2D eigenvalue weighted by Crippen LogP contribution is -2.39. The van der Waals surface area contributed by atoms with Gasteiger partial charge in [-0.05, 0) is 51.3 Å². The van der Waals surface area contributed by atoms with Gasteiger partial charge in [0.05, 0.1) is 18.3 Å². The maximum Gasteiger partial charge on any atom is 0.191 e. The van der Waals surface area contributed by atoms with Crippen molar-refractivity contribution < 1.29 is 0 Å². The third-order valence-corrected chi connectivity index (χ3v) is 7.07. The summed E-state index contributed by atoms with van der Waals surface area (Å²) in [5.74, 6) is 0.901. The Kier molecular flexibility index (Phi) is 8.18. The van der Waals surface area contributed by atoms with Gasteiger partial charge in [0.2, 0.25) is 0 Å². The molecule has 4 rings (SSSR count). The van der Waals surface area contributed by atoms with Gasteiger partial charge < -0.3 is 15.5 Å². The monoisotopic (exact) mass is 440 g/mol. The van der Waals surface area contributed by atoms with E-state index in [1.165, 1.54) is 55.2 Å². The van der Waals surface area contributed by atoms with E-state index in [-0.39, 0.29) is 0 Å². The number of aromatic nitrogens is 1. The van der Waals surface area contributed by atoms with Gasteiger partial charge in [-0.15, -0.1) is 11.3 Å². The molecule has 1 unspecified atom stereocenters.